The number of carbonyl (C=O) groups excluding carboxylic acids is 1. The third-order valence-corrected chi connectivity index (χ3v) is 4.12. The van der Waals surface area contributed by atoms with E-state index in [1.165, 1.54) is 0 Å². The van der Waals surface area contributed by atoms with Gasteiger partial charge in [0.2, 0.25) is 5.91 Å². The van der Waals surface area contributed by atoms with E-state index in [1.807, 2.05) is 13.0 Å². The number of anilines is 1. The molecule has 0 saturated heterocycles. The molecule has 1 heterocycles. The lowest BCUT2D eigenvalue weighted by atomic mass is 9.76. The van der Waals surface area contributed by atoms with Gasteiger partial charge in [-0.15, -0.1) is 0 Å². The highest BCUT2D eigenvalue weighted by Gasteiger charge is 2.38. The van der Waals surface area contributed by atoms with E-state index in [0.29, 0.717) is 16.8 Å². The van der Waals surface area contributed by atoms with Crippen molar-refractivity contribution in [2.75, 3.05) is 5.32 Å². The normalized spacial score (nSPS) is 27.1. The molecular weight excluding hydrogens is 262 g/mol. The van der Waals surface area contributed by atoms with E-state index in [1.54, 1.807) is 6.20 Å². The molecule has 1 aromatic rings. The number of hydrogen-bond acceptors (Lipinski definition) is 3. The van der Waals surface area contributed by atoms with Crippen LogP contribution in [0, 0.1) is 12.8 Å². The number of halogens is 1. The summed E-state index contributed by atoms with van der Waals surface area (Å²) in [4.78, 5) is 16.4. The first kappa shape index (κ1) is 14.3. The van der Waals surface area contributed by atoms with Crippen molar-refractivity contribution in [1.82, 2.24) is 4.98 Å². The molecule has 1 aliphatic carbocycles. The van der Waals surface area contributed by atoms with Gasteiger partial charge in [-0.25, -0.2) is 4.98 Å². The van der Waals surface area contributed by atoms with E-state index in [9.17, 15) is 4.79 Å². The fourth-order valence-corrected chi connectivity index (χ4v) is 2.96. The van der Waals surface area contributed by atoms with Crippen LogP contribution in [0.2, 0.25) is 5.15 Å². The van der Waals surface area contributed by atoms with Crippen molar-refractivity contribution in [3.8, 4) is 0 Å². The number of nitrogens with one attached hydrogen (secondary N) is 1. The molecule has 0 aromatic carbocycles. The van der Waals surface area contributed by atoms with E-state index in [2.05, 4.69) is 17.2 Å². The molecule has 0 aliphatic heterocycles. The van der Waals surface area contributed by atoms with Crippen LogP contribution in [0.15, 0.2) is 12.3 Å². The predicted octanol–water partition coefficient (Wildman–Crippen LogP) is 2.89. The van der Waals surface area contributed by atoms with E-state index in [0.717, 1.165) is 31.2 Å². The van der Waals surface area contributed by atoms with Gasteiger partial charge in [-0.1, -0.05) is 31.4 Å². The van der Waals surface area contributed by atoms with Gasteiger partial charge in [0.25, 0.3) is 0 Å². The molecule has 0 bridgehead atoms. The second kappa shape index (κ2) is 5.47. The van der Waals surface area contributed by atoms with Gasteiger partial charge in [-0.05, 0) is 37.3 Å². The Bertz CT molecular complexity index is 471. The summed E-state index contributed by atoms with van der Waals surface area (Å²) in [5, 5.41) is 3.16. The SMILES string of the molecule is Cc1ccnc(Cl)c1NC(=O)C1(N)CCCC(C)C1. The van der Waals surface area contributed by atoms with Crippen LogP contribution in [0.5, 0.6) is 0 Å². The van der Waals surface area contributed by atoms with Crippen molar-refractivity contribution in [2.45, 2.75) is 45.1 Å². The van der Waals surface area contributed by atoms with Crippen molar-refractivity contribution in [3.05, 3.63) is 23.0 Å². The zero-order chi connectivity index (χ0) is 14.0. The zero-order valence-corrected chi connectivity index (χ0v) is 12.1. The van der Waals surface area contributed by atoms with Crippen LogP contribution < -0.4 is 11.1 Å². The highest BCUT2D eigenvalue weighted by molar-refractivity contribution is 6.32. The van der Waals surface area contributed by atoms with Gasteiger partial charge < -0.3 is 11.1 Å². The number of amides is 1. The summed E-state index contributed by atoms with van der Waals surface area (Å²) in [5.41, 5.74) is 6.93. The second-order valence-electron chi connectivity index (χ2n) is 5.61. The average Bonchev–Trinajstić information content (AvgIpc) is 2.33. The van der Waals surface area contributed by atoms with E-state index in [4.69, 9.17) is 17.3 Å². The highest BCUT2D eigenvalue weighted by Crippen LogP contribution is 2.32. The zero-order valence-electron chi connectivity index (χ0n) is 11.4. The fraction of sp³-hybridized carbons (Fsp3) is 0.571. The van der Waals surface area contributed by atoms with Crippen molar-refractivity contribution in [2.24, 2.45) is 11.7 Å². The molecule has 1 aliphatic rings. The minimum atomic E-state index is -0.788. The molecule has 1 aromatic heterocycles. The number of aryl methyl sites for hydroxylation is 1. The summed E-state index contributed by atoms with van der Waals surface area (Å²) in [6.45, 7) is 4.02. The first-order chi connectivity index (χ1) is 8.92. The number of pyridine rings is 1. The first-order valence-corrected chi connectivity index (χ1v) is 7.01. The summed E-state index contributed by atoms with van der Waals surface area (Å²) in [6.07, 6.45) is 5.19. The summed E-state index contributed by atoms with van der Waals surface area (Å²) in [6, 6.07) is 1.81. The lowest BCUT2D eigenvalue weighted by molar-refractivity contribution is -0.122. The van der Waals surface area contributed by atoms with E-state index >= 15 is 0 Å². The number of nitrogens with zero attached hydrogens (tertiary/aromatic N) is 1. The molecule has 19 heavy (non-hydrogen) atoms. The molecule has 4 nitrogen and oxygen atoms in total. The number of carbonyl (C=O) groups is 1. The quantitative estimate of drug-likeness (QED) is 0.819. The Morgan fingerprint density at radius 1 is 1.63 bits per heavy atom. The van der Waals surface area contributed by atoms with Gasteiger partial charge >= 0.3 is 0 Å². The maximum absolute atomic E-state index is 12.4. The topological polar surface area (TPSA) is 68.0 Å². The number of rotatable bonds is 2. The molecule has 1 saturated carbocycles. The molecule has 3 N–H and O–H groups in total. The number of hydrogen-bond donors (Lipinski definition) is 2. The monoisotopic (exact) mass is 281 g/mol. The first-order valence-electron chi connectivity index (χ1n) is 6.64. The molecule has 2 rings (SSSR count). The van der Waals surface area contributed by atoms with Gasteiger partial charge in [0.15, 0.2) is 5.15 Å². The summed E-state index contributed by atoms with van der Waals surface area (Å²) in [7, 11) is 0. The maximum Gasteiger partial charge on any atom is 0.244 e. The third-order valence-electron chi connectivity index (χ3n) is 3.84. The smallest absolute Gasteiger partial charge is 0.244 e. The molecule has 0 radical (unpaired) electrons. The van der Waals surface area contributed by atoms with Crippen LogP contribution in [-0.2, 0) is 4.79 Å². The number of aromatic nitrogens is 1. The lowest BCUT2D eigenvalue weighted by Crippen LogP contribution is -2.53. The van der Waals surface area contributed by atoms with Crippen molar-refractivity contribution >= 4 is 23.2 Å². The number of nitrogens with two attached hydrogens (primary N) is 1. The molecule has 1 fully saturated rings. The standard InChI is InChI=1S/C14H20ClN3O/c1-9-4-3-6-14(16,8-9)13(19)18-11-10(2)5-7-17-12(11)15/h5,7,9H,3-4,6,8,16H2,1-2H3,(H,18,19). The van der Waals surface area contributed by atoms with Crippen LogP contribution in [0.1, 0.15) is 38.2 Å². The predicted molar refractivity (Wildman–Crippen MR) is 77.2 cm³/mol. The second-order valence-corrected chi connectivity index (χ2v) is 5.96. The highest BCUT2D eigenvalue weighted by atomic mass is 35.5. The molecule has 0 spiro atoms. The summed E-state index contributed by atoms with van der Waals surface area (Å²) in [5.74, 6) is 0.326. The summed E-state index contributed by atoms with van der Waals surface area (Å²) < 4.78 is 0. The van der Waals surface area contributed by atoms with Crippen LogP contribution >= 0.6 is 11.6 Å². The van der Waals surface area contributed by atoms with Gasteiger partial charge in [0.1, 0.15) is 0 Å². The van der Waals surface area contributed by atoms with Gasteiger partial charge in [-0.2, -0.15) is 0 Å². The van der Waals surface area contributed by atoms with Crippen molar-refractivity contribution in [1.29, 1.82) is 0 Å². The van der Waals surface area contributed by atoms with Crippen LogP contribution in [0.3, 0.4) is 0 Å². The Morgan fingerprint density at radius 3 is 3.00 bits per heavy atom. The minimum absolute atomic E-state index is 0.156. The minimum Gasteiger partial charge on any atom is -0.322 e. The van der Waals surface area contributed by atoms with E-state index < -0.39 is 5.54 Å². The Hall–Kier alpha value is -1.13. The van der Waals surface area contributed by atoms with Crippen LogP contribution in [0.4, 0.5) is 5.69 Å². The largest absolute Gasteiger partial charge is 0.322 e. The lowest BCUT2D eigenvalue weighted by Gasteiger charge is -2.35. The third kappa shape index (κ3) is 3.07. The summed E-state index contributed by atoms with van der Waals surface area (Å²) >= 11 is 6.02. The maximum atomic E-state index is 12.4. The van der Waals surface area contributed by atoms with Crippen molar-refractivity contribution in [3.63, 3.8) is 0 Å². The van der Waals surface area contributed by atoms with Crippen LogP contribution in [0.25, 0.3) is 0 Å². The fourth-order valence-electron chi connectivity index (χ4n) is 2.71. The molecular formula is C14H20ClN3O. The average molecular weight is 282 g/mol. The van der Waals surface area contributed by atoms with Gasteiger partial charge in [0.05, 0.1) is 11.2 Å². The van der Waals surface area contributed by atoms with E-state index in [-0.39, 0.29) is 5.91 Å². The Labute approximate surface area is 118 Å². The Kier molecular flexibility index (Phi) is 4.11. The van der Waals surface area contributed by atoms with Gasteiger partial charge in [-0.3, -0.25) is 4.79 Å². The Balaban J connectivity index is 2.17. The molecule has 104 valence electrons. The molecule has 2 atom stereocenters. The molecule has 1 amide bonds. The van der Waals surface area contributed by atoms with Crippen LogP contribution in [-0.4, -0.2) is 16.4 Å². The molecule has 5 heteroatoms. The Morgan fingerprint density at radius 2 is 2.37 bits per heavy atom. The van der Waals surface area contributed by atoms with Gasteiger partial charge in [0, 0.05) is 6.20 Å². The molecule has 2 unspecified atom stereocenters. The van der Waals surface area contributed by atoms with Crippen molar-refractivity contribution < 1.29 is 4.79 Å².